The van der Waals surface area contributed by atoms with E-state index in [4.69, 9.17) is 0 Å². The van der Waals surface area contributed by atoms with Crippen LogP contribution in [-0.2, 0) is 0 Å². The number of fused-ring (bicyclic) bond motifs is 1. The third kappa shape index (κ3) is 1.29. The Labute approximate surface area is 81.2 Å². The third-order valence-electron chi connectivity index (χ3n) is 2.42. The highest BCUT2D eigenvalue weighted by atomic mass is 19.1. The minimum Gasteiger partial charge on any atom is -0.298 e. The van der Waals surface area contributed by atoms with E-state index in [1.807, 2.05) is 13.0 Å². The summed E-state index contributed by atoms with van der Waals surface area (Å²) in [4.78, 5) is 10.7. The largest absolute Gasteiger partial charge is 0.298 e. The summed E-state index contributed by atoms with van der Waals surface area (Å²) in [5.74, 6) is -0.274. The Morgan fingerprint density at radius 2 is 1.93 bits per heavy atom. The first-order valence-electron chi connectivity index (χ1n) is 4.36. The number of hydrogen-bond acceptors (Lipinski definition) is 1. The molecule has 0 fully saturated rings. The average Bonchev–Trinajstić information content (AvgIpc) is 2.20. The lowest BCUT2D eigenvalue weighted by atomic mass is 10.0. The summed E-state index contributed by atoms with van der Waals surface area (Å²) >= 11 is 0. The topological polar surface area (TPSA) is 17.1 Å². The van der Waals surface area contributed by atoms with E-state index >= 15 is 0 Å². The van der Waals surface area contributed by atoms with Crippen LogP contribution in [0.3, 0.4) is 0 Å². The van der Waals surface area contributed by atoms with Crippen LogP contribution in [0.25, 0.3) is 10.8 Å². The van der Waals surface area contributed by atoms with Crippen molar-refractivity contribution in [3.8, 4) is 0 Å². The van der Waals surface area contributed by atoms with Gasteiger partial charge in [0, 0.05) is 5.56 Å². The first kappa shape index (κ1) is 8.88. The second kappa shape index (κ2) is 3.22. The Morgan fingerprint density at radius 1 is 1.21 bits per heavy atom. The van der Waals surface area contributed by atoms with Crippen molar-refractivity contribution in [3.63, 3.8) is 0 Å². The van der Waals surface area contributed by atoms with Gasteiger partial charge in [0.05, 0.1) is 0 Å². The van der Waals surface area contributed by atoms with Crippen LogP contribution in [0.4, 0.5) is 4.39 Å². The Kier molecular flexibility index (Phi) is 2.04. The zero-order chi connectivity index (χ0) is 10.1. The van der Waals surface area contributed by atoms with E-state index in [2.05, 4.69) is 0 Å². The zero-order valence-electron chi connectivity index (χ0n) is 7.75. The average molecular weight is 188 g/mol. The van der Waals surface area contributed by atoms with Crippen LogP contribution in [0.2, 0.25) is 0 Å². The summed E-state index contributed by atoms with van der Waals surface area (Å²) in [6.45, 7) is 1.82. The highest BCUT2D eigenvalue weighted by Crippen LogP contribution is 2.21. The van der Waals surface area contributed by atoms with Gasteiger partial charge in [0.2, 0.25) is 0 Å². The van der Waals surface area contributed by atoms with E-state index in [-0.39, 0.29) is 5.82 Å². The number of carbonyl (C=O) groups excluding carboxylic acids is 1. The van der Waals surface area contributed by atoms with Crippen molar-refractivity contribution >= 4 is 17.1 Å². The molecule has 0 aliphatic carbocycles. The van der Waals surface area contributed by atoms with Crippen molar-refractivity contribution in [2.24, 2.45) is 0 Å². The first-order valence-corrected chi connectivity index (χ1v) is 4.36. The van der Waals surface area contributed by atoms with Gasteiger partial charge in [0.1, 0.15) is 12.1 Å². The van der Waals surface area contributed by atoms with Crippen LogP contribution in [-0.4, -0.2) is 6.29 Å². The van der Waals surface area contributed by atoms with Crippen LogP contribution in [0.1, 0.15) is 15.9 Å². The predicted octanol–water partition coefficient (Wildman–Crippen LogP) is 3.10. The van der Waals surface area contributed by atoms with Crippen LogP contribution < -0.4 is 0 Å². The molecule has 0 atom stereocenters. The number of rotatable bonds is 1. The van der Waals surface area contributed by atoms with E-state index in [0.717, 1.165) is 22.6 Å². The van der Waals surface area contributed by atoms with Crippen LogP contribution in [0.15, 0.2) is 30.3 Å². The smallest absolute Gasteiger partial charge is 0.150 e. The number of hydrogen-bond donors (Lipinski definition) is 0. The van der Waals surface area contributed by atoms with Crippen molar-refractivity contribution in [2.45, 2.75) is 6.92 Å². The second-order valence-electron chi connectivity index (χ2n) is 3.26. The Morgan fingerprint density at radius 3 is 2.64 bits per heavy atom. The maximum absolute atomic E-state index is 13.0. The minimum absolute atomic E-state index is 0.274. The van der Waals surface area contributed by atoms with Gasteiger partial charge in [0.25, 0.3) is 0 Å². The van der Waals surface area contributed by atoms with Gasteiger partial charge in [-0.1, -0.05) is 18.2 Å². The fourth-order valence-electron chi connectivity index (χ4n) is 1.59. The Balaban J connectivity index is 2.86. The summed E-state index contributed by atoms with van der Waals surface area (Å²) in [7, 11) is 0. The van der Waals surface area contributed by atoms with Gasteiger partial charge in [0.15, 0.2) is 0 Å². The Hall–Kier alpha value is -1.70. The molecule has 0 radical (unpaired) electrons. The van der Waals surface area contributed by atoms with Crippen LogP contribution in [0.5, 0.6) is 0 Å². The molecule has 1 nitrogen and oxygen atoms in total. The normalized spacial score (nSPS) is 10.4. The van der Waals surface area contributed by atoms with Gasteiger partial charge >= 0.3 is 0 Å². The lowest BCUT2D eigenvalue weighted by molar-refractivity contribution is 0.112. The third-order valence-corrected chi connectivity index (χ3v) is 2.42. The second-order valence-corrected chi connectivity index (χ2v) is 3.26. The minimum atomic E-state index is -0.274. The quantitative estimate of drug-likeness (QED) is 0.628. The number of carbonyl (C=O) groups is 1. The monoisotopic (exact) mass is 188 g/mol. The van der Waals surface area contributed by atoms with Crippen molar-refractivity contribution in [1.29, 1.82) is 0 Å². The van der Waals surface area contributed by atoms with Crippen molar-refractivity contribution in [2.75, 3.05) is 0 Å². The molecule has 14 heavy (non-hydrogen) atoms. The molecule has 0 amide bonds. The molecule has 2 heteroatoms. The van der Waals surface area contributed by atoms with E-state index in [1.54, 1.807) is 12.1 Å². The molecule has 0 aliphatic rings. The summed E-state index contributed by atoms with van der Waals surface area (Å²) in [5, 5.41) is 1.75. The SMILES string of the molecule is Cc1c(C=O)ccc2ccc(F)cc12. The molecule has 0 saturated carbocycles. The maximum atomic E-state index is 13.0. The van der Waals surface area contributed by atoms with E-state index < -0.39 is 0 Å². The molecule has 0 bridgehead atoms. The van der Waals surface area contributed by atoms with E-state index in [9.17, 15) is 9.18 Å². The highest BCUT2D eigenvalue weighted by molar-refractivity contribution is 5.92. The molecule has 0 aromatic heterocycles. The van der Waals surface area contributed by atoms with Crippen LogP contribution in [0, 0.1) is 12.7 Å². The van der Waals surface area contributed by atoms with Crippen molar-refractivity contribution in [1.82, 2.24) is 0 Å². The molecule has 0 spiro atoms. The number of aryl methyl sites for hydroxylation is 1. The number of benzene rings is 2. The molecule has 0 heterocycles. The molecule has 0 saturated heterocycles. The molecule has 70 valence electrons. The van der Waals surface area contributed by atoms with E-state index in [1.165, 1.54) is 12.1 Å². The summed E-state index contributed by atoms with van der Waals surface area (Å²) in [6, 6.07) is 8.17. The van der Waals surface area contributed by atoms with Crippen molar-refractivity contribution in [3.05, 3.63) is 47.3 Å². The molecule has 2 aromatic rings. The fraction of sp³-hybridized carbons (Fsp3) is 0.0833. The molecule has 0 aliphatic heterocycles. The summed E-state index contributed by atoms with van der Waals surface area (Å²) in [5.41, 5.74) is 1.44. The van der Waals surface area contributed by atoms with Gasteiger partial charge in [-0.15, -0.1) is 0 Å². The van der Waals surface area contributed by atoms with E-state index in [0.29, 0.717) is 5.56 Å². The fourth-order valence-corrected chi connectivity index (χ4v) is 1.59. The standard InChI is InChI=1S/C12H9FO/c1-8-10(7-14)3-2-9-4-5-11(13)6-12(8)9/h2-7H,1H3. The maximum Gasteiger partial charge on any atom is 0.150 e. The zero-order valence-corrected chi connectivity index (χ0v) is 7.75. The number of halogens is 1. The summed E-state index contributed by atoms with van der Waals surface area (Å²) in [6.07, 6.45) is 0.791. The molecular formula is C12H9FO. The van der Waals surface area contributed by atoms with Crippen molar-refractivity contribution < 1.29 is 9.18 Å². The molecule has 0 unspecified atom stereocenters. The Bertz CT molecular complexity index is 503. The lowest BCUT2D eigenvalue weighted by Crippen LogP contribution is -1.88. The molecule has 0 N–H and O–H groups in total. The molecular weight excluding hydrogens is 179 g/mol. The molecule has 2 aromatic carbocycles. The van der Waals surface area contributed by atoms with Gasteiger partial charge in [-0.3, -0.25) is 4.79 Å². The highest BCUT2D eigenvalue weighted by Gasteiger charge is 2.03. The van der Waals surface area contributed by atoms with Gasteiger partial charge in [-0.05, 0) is 35.4 Å². The van der Waals surface area contributed by atoms with Gasteiger partial charge in [-0.2, -0.15) is 0 Å². The lowest BCUT2D eigenvalue weighted by Gasteiger charge is -2.04. The predicted molar refractivity (Wildman–Crippen MR) is 54.0 cm³/mol. The van der Waals surface area contributed by atoms with Gasteiger partial charge < -0.3 is 0 Å². The number of aldehydes is 1. The summed E-state index contributed by atoms with van der Waals surface area (Å²) < 4.78 is 13.0. The van der Waals surface area contributed by atoms with Crippen LogP contribution >= 0.6 is 0 Å². The molecule has 2 rings (SSSR count). The van der Waals surface area contributed by atoms with Gasteiger partial charge in [-0.25, -0.2) is 4.39 Å². The first-order chi connectivity index (χ1) is 6.72.